The number of aromatic hydroxyl groups is 1. The molecule has 0 atom stereocenters. The van der Waals surface area contributed by atoms with E-state index in [4.69, 9.17) is 44.8 Å². The van der Waals surface area contributed by atoms with Gasteiger partial charge in [0.1, 0.15) is 55.8 Å². The molecule has 0 unspecified atom stereocenters. The van der Waals surface area contributed by atoms with Crippen LogP contribution < -0.4 is 9.47 Å². The van der Waals surface area contributed by atoms with Crippen molar-refractivity contribution in [2.75, 3.05) is 64.2 Å². The highest BCUT2D eigenvalue weighted by atomic mass is 127. The van der Waals surface area contributed by atoms with Gasteiger partial charge in [-0.2, -0.15) is 25.5 Å². The van der Waals surface area contributed by atoms with E-state index < -0.39 is 40.4 Å². The normalized spacial score (nSPS) is 11.7. The molecule has 1 aliphatic rings. The van der Waals surface area contributed by atoms with Crippen molar-refractivity contribution in [1.82, 2.24) is 79.2 Å². The molecule has 141 heavy (non-hydrogen) atoms. The summed E-state index contributed by atoms with van der Waals surface area (Å²) >= 11 is 15.6. The molecule has 2 N–H and O–H groups in total. The Balaban J connectivity index is 0.000000202. The summed E-state index contributed by atoms with van der Waals surface area (Å²) in [4.78, 5) is 29.1. The molecule has 754 valence electrons. The summed E-state index contributed by atoms with van der Waals surface area (Å²) in [6.45, 7) is 43.0. The number of H-pyrrole nitrogens is 1. The lowest BCUT2D eigenvalue weighted by Gasteiger charge is -2.16. The zero-order chi connectivity index (χ0) is 102. The Morgan fingerprint density at radius 1 is 0.383 bits per heavy atom. The van der Waals surface area contributed by atoms with Crippen LogP contribution in [-0.2, 0) is 69.9 Å². The number of rotatable bonds is 43. The Kier molecular flexibility index (Phi) is 53.5. The molecule has 11 aromatic heterocycles. The highest BCUT2D eigenvalue weighted by Gasteiger charge is 2.21. The molecule has 0 bridgehead atoms. The SMILES string of the molecule is BrCCCc1ccccc1.C[Si](C)(C)CCOCCl.C[Si](C)(C)CCOCn1cc(I)c(-c2cccnc2)n1.C[Si](C)(C)CCOCn1cc(O)c(-c2cccnc2)n1.C[Si](C)(C)CCOCn1cc(OCCCc2ccccc2)c(-c2cccnc2)n1.C[Si](C)(C)CCOCn1ncc(I)c1-c1cccnc1.IC1=CCN=C1c1cccnc1.c1ccc(CCCOc2cn[nH]c2-c2cccnc2)cc1. The number of aliphatic imine (C=N–C) groups is 1. The largest absolute Gasteiger partial charge is 0.504 e. The van der Waals surface area contributed by atoms with Gasteiger partial charge >= 0.3 is 0 Å². The summed E-state index contributed by atoms with van der Waals surface area (Å²) in [6, 6.07) is 61.0. The van der Waals surface area contributed by atoms with Gasteiger partial charge in [0.15, 0.2) is 17.2 Å². The van der Waals surface area contributed by atoms with Crippen LogP contribution in [0.15, 0.2) is 284 Å². The van der Waals surface area contributed by atoms with Gasteiger partial charge in [-0.3, -0.25) is 40.0 Å². The summed E-state index contributed by atoms with van der Waals surface area (Å²) in [5, 5.41) is 36.0. The lowest BCUT2D eigenvalue weighted by atomic mass is 10.1. The number of allylic oxidation sites excluding steroid dienone is 1. The van der Waals surface area contributed by atoms with Crippen LogP contribution in [0.2, 0.25) is 128 Å². The predicted octanol–water partition coefficient (Wildman–Crippen LogP) is 27.2. The predicted molar refractivity (Wildman–Crippen MR) is 619 cm³/mol. The van der Waals surface area contributed by atoms with E-state index in [0.29, 0.717) is 51.9 Å². The molecule has 0 amide bonds. The zero-order valence-corrected chi connectivity index (χ0v) is 98.3. The van der Waals surface area contributed by atoms with E-state index in [0.717, 1.165) is 163 Å². The maximum atomic E-state index is 9.91. The van der Waals surface area contributed by atoms with Gasteiger partial charge < -0.3 is 38.3 Å². The molecular weight excluding hydrogens is 2280 g/mol. The first kappa shape index (κ1) is 118. The van der Waals surface area contributed by atoms with Gasteiger partial charge in [0, 0.05) is 196 Å². The number of ether oxygens (including phenoxy) is 7. The number of hydrogen-bond acceptors (Lipinski definition) is 20. The van der Waals surface area contributed by atoms with Gasteiger partial charge in [-0.1, -0.05) is 217 Å². The van der Waals surface area contributed by atoms with E-state index in [1.54, 1.807) is 66.7 Å². The van der Waals surface area contributed by atoms with Gasteiger partial charge in [-0.05, 0) is 232 Å². The van der Waals surface area contributed by atoms with E-state index in [2.05, 4.69) is 332 Å². The molecule has 14 aromatic rings. The van der Waals surface area contributed by atoms with Gasteiger partial charge in [0.25, 0.3) is 0 Å². The Bertz CT molecular complexity index is 5690. The van der Waals surface area contributed by atoms with E-state index in [1.165, 1.54) is 51.2 Å². The van der Waals surface area contributed by atoms with Crippen molar-refractivity contribution in [1.29, 1.82) is 0 Å². The van der Waals surface area contributed by atoms with Crippen LogP contribution in [0.3, 0.4) is 0 Å². The monoisotopic (exact) mass is 2420 g/mol. The molecule has 0 saturated carbocycles. The molecule has 1 aliphatic heterocycles. The van der Waals surface area contributed by atoms with Crippen molar-refractivity contribution in [3.63, 3.8) is 0 Å². The van der Waals surface area contributed by atoms with Crippen molar-refractivity contribution in [3.8, 4) is 73.5 Å². The third-order valence-corrected chi connectivity index (χ3v) is 32.5. The minimum absolute atomic E-state index is 0.145. The number of halogens is 5. The number of aromatic amines is 1. The number of alkyl halides is 2. The lowest BCUT2D eigenvalue weighted by Crippen LogP contribution is -2.22. The first-order valence-corrected chi connectivity index (χ1v) is 71.2. The van der Waals surface area contributed by atoms with Crippen molar-refractivity contribution in [2.45, 2.75) is 194 Å². The topological polar surface area (TPSA) is 274 Å². The Morgan fingerprint density at radius 2 is 0.759 bits per heavy atom. The minimum Gasteiger partial charge on any atom is -0.504 e. The summed E-state index contributed by atoms with van der Waals surface area (Å²) in [5.41, 5.74) is 15.4. The molecule has 0 saturated heterocycles. The van der Waals surface area contributed by atoms with E-state index in [1.807, 2.05) is 142 Å². The van der Waals surface area contributed by atoms with Crippen LogP contribution in [0.1, 0.15) is 41.5 Å². The Morgan fingerprint density at radius 3 is 1.18 bits per heavy atom. The standard InChI is InChI=1S/C23H31N3O2Si.C17H17N3O.2C14H20IN3OSi.C14H21N3O2Si.C9H11Br.C9H7IN2.C6H15ClOSi/c1-29(2,3)16-15-27-19-26-18-22(23(25-26)21-12-7-13-24-17-21)28-14-8-11-20-9-5-4-6-10-20;1-2-6-14(7-3-1)8-5-11-21-16-13-19-20-17(16)15-9-4-10-18-12-15;1-20(2,3)8-7-19-11-18-10-13(15)14(17-18)12-5-4-6-16-9-12;1-20(2,3)8-7-19-11-18-14(13(15)10-17-18)12-5-4-6-16-9-12;1-20(2,3)8-7-19-11-17-10-13(18)14(16-17)12-5-4-6-15-9-12;10-8-4-7-9-5-2-1-3-6-9;10-8-3-5-12-9(8)7-2-1-4-11-6-7;1-9(2,3)5-4-8-6-7/h4-7,9-10,12-13,17-18H,8,11,14-16,19H2,1-3H3;1-4,6-7,9-10,12-13H,5,8,11H2,(H,19,20);2*4-6,9-10H,7-8,11H2,1-3H3;4-6,9-10,18H,7-8,11H2,1-3H3;1-3,5-6H,4,7-8H2;1-4,6H,5H2;4-6H2,1-3H3. The van der Waals surface area contributed by atoms with Crippen molar-refractivity contribution in [2.24, 2.45) is 4.99 Å². The molecule has 0 spiro atoms. The fourth-order valence-corrected chi connectivity index (χ4v) is 19.1. The molecule has 15 rings (SSSR count). The van der Waals surface area contributed by atoms with Gasteiger partial charge in [-0.25, -0.2) is 18.7 Å². The molecule has 12 heterocycles. The maximum Gasteiger partial charge on any atom is 0.165 e. The number of aromatic nitrogens is 16. The van der Waals surface area contributed by atoms with Crippen LogP contribution in [0.5, 0.6) is 17.2 Å². The minimum atomic E-state index is -1.09. The average molecular weight is 2420 g/mol. The number of hydrogen-bond donors (Lipinski definition) is 2. The molecule has 3 aromatic carbocycles. The van der Waals surface area contributed by atoms with Crippen LogP contribution in [0.25, 0.3) is 56.3 Å². The summed E-state index contributed by atoms with van der Waals surface area (Å²) in [6.07, 6.45) is 38.9. The average Bonchev–Trinajstić information content (AvgIpc) is 1.62. The highest BCUT2D eigenvalue weighted by molar-refractivity contribution is 14.1. The molecule has 0 fully saturated rings. The van der Waals surface area contributed by atoms with Crippen LogP contribution in [-0.4, -0.2) is 195 Å². The number of pyridine rings is 6. The van der Waals surface area contributed by atoms with Crippen molar-refractivity contribution < 1.29 is 38.3 Å². The Hall–Kier alpha value is -8.74. The van der Waals surface area contributed by atoms with E-state index in [9.17, 15) is 5.11 Å². The van der Waals surface area contributed by atoms with Gasteiger partial charge in [-0.15, -0.1) is 0 Å². The summed E-state index contributed by atoms with van der Waals surface area (Å²) in [5.74, 6) is 1.70. The van der Waals surface area contributed by atoms with E-state index >= 15 is 0 Å². The number of aryl methyl sites for hydroxylation is 3. The second-order valence-corrected chi connectivity index (χ2v) is 71.8. The number of nitrogens with zero attached hydrogens (tertiary/aromatic N) is 16. The van der Waals surface area contributed by atoms with Crippen molar-refractivity contribution in [3.05, 3.63) is 308 Å². The quantitative estimate of drug-likeness (QED) is 0.0155. The molecule has 0 aliphatic carbocycles. The second kappa shape index (κ2) is 64.2. The number of nitrogens with one attached hydrogen (secondary N) is 1. The number of benzene rings is 3. The molecule has 25 nitrogen and oxygen atoms in total. The van der Waals surface area contributed by atoms with Crippen LogP contribution in [0, 0.1) is 7.14 Å². The second-order valence-electron chi connectivity index (χ2n) is 39.2. The Labute approximate surface area is 895 Å². The maximum absolute atomic E-state index is 9.91. The van der Waals surface area contributed by atoms with Crippen LogP contribution in [0.4, 0.5) is 0 Å². The third-order valence-electron chi connectivity index (χ3n) is 20.8. The van der Waals surface area contributed by atoms with Gasteiger partial charge in [0.05, 0.1) is 63.1 Å². The zero-order valence-electron chi connectivity index (χ0n) is 84.5. The van der Waals surface area contributed by atoms with Gasteiger partial charge in [0.2, 0.25) is 0 Å². The summed E-state index contributed by atoms with van der Waals surface area (Å²) in [7, 11) is -5.09. The molecule has 35 heteroatoms. The third kappa shape index (κ3) is 48.7. The molecule has 0 radical (unpaired) electrons. The van der Waals surface area contributed by atoms with Crippen molar-refractivity contribution >= 4 is 141 Å². The smallest absolute Gasteiger partial charge is 0.165 e. The summed E-state index contributed by atoms with van der Waals surface area (Å²) < 4.78 is 50.5. The fraction of sp³-hybridized carbons (Fsp3) is 0.377. The van der Waals surface area contributed by atoms with Crippen LogP contribution >= 0.6 is 95.3 Å². The molecular formula is C106H142BrClI3N17O8Si5. The van der Waals surface area contributed by atoms with E-state index in [-0.39, 0.29) is 5.75 Å². The first-order chi connectivity index (χ1) is 67.7. The lowest BCUT2D eigenvalue weighted by molar-refractivity contribution is 0.0784. The highest BCUT2D eigenvalue weighted by Crippen LogP contribution is 2.32. The first-order valence-electron chi connectivity index (χ1n) is 47.7. The fourth-order valence-electron chi connectivity index (χ4n) is 12.8.